The van der Waals surface area contributed by atoms with Crippen molar-refractivity contribution in [3.8, 4) is 0 Å². The normalized spacial score (nSPS) is 17.6. The van der Waals surface area contributed by atoms with E-state index >= 15 is 0 Å². The lowest BCUT2D eigenvalue weighted by Crippen LogP contribution is -2.29. The van der Waals surface area contributed by atoms with Gasteiger partial charge in [-0.25, -0.2) is 9.97 Å². The van der Waals surface area contributed by atoms with Crippen molar-refractivity contribution in [3.63, 3.8) is 0 Å². The van der Waals surface area contributed by atoms with Crippen LogP contribution in [-0.2, 0) is 0 Å². The van der Waals surface area contributed by atoms with Crippen molar-refractivity contribution < 1.29 is 0 Å². The monoisotopic (exact) mass is 226 g/mol. The molecule has 0 aliphatic carbocycles. The van der Waals surface area contributed by atoms with Crippen molar-refractivity contribution in [2.24, 2.45) is 0 Å². The highest BCUT2D eigenvalue weighted by molar-refractivity contribution is 6.28. The standard InChI is InChI=1S/C10H15ClN4/c1-8-7-13-10(11)14-9(8)15-5-2-3-12-4-6-15/h7,12H,2-6H2,1H3. The van der Waals surface area contributed by atoms with E-state index in [2.05, 4.69) is 20.2 Å². The van der Waals surface area contributed by atoms with Crippen LogP contribution in [0, 0.1) is 6.92 Å². The molecule has 0 unspecified atom stereocenters. The quantitative estimate of drug-likeness (QED) is 0.732. The summed E-state index contributed by atoms with van der Waals surface area (Å²) in [6.07, 6.45) is 2.92. The van der Waals surface area contributed by atoms with Gasteiger partial charge >= 0.3 is 0 Å². The molecule has 1 N–H and O–H groups in total. The number of hydrogen-bond acceptors (Lipinski definition) is 4. The Balaban J connectivity index is 2.22. The van der Waals surface area contributed by atoms with Crippen molar-refractivity contribution in [1.29, 1.82) is 0 Å². The average Bonchev–Trinajstić information content (AvgIpc) is 2.50. The number of halogens is 1. The molecule has 0 saturated carbocycles. The number of rotatable bonds is 1. The third-order valence-electron chi connectivity index (χ3n) is 2.56. The molecule has 0 aromatic carbocycles. The molecule has 1 aliphatic heterocycles. The van der Waals surface area contributed by atoms with E-state index in [0.29, 0.717) is 5.28 Å². The van der Waals surface area contributed by atoms with Crippen LogP contribution in [0.4, 0.5) is 5.82 Å². The number of nitrogens with zero attached hydrogens (tertiary/aromatic N) is 3. The van der Waals surface area contributed by atoms with Crippen molar-refractivity contribution in [2.45, 2.75) is 13.3 Å². The van der Waals surface area contributed by atoms with Gasteiger partial charge in [-0.1, -0.05) is 0 Å². The molecule has 0 amide bonds. The van der Waals surface area contributed by atoms with Gasteiger partial charge in [0.15, 0.2) is 0 Å². The molecule has 2 heterocycles. The highest BCUT2D eigenvalue weighted by Gasteiger charge is 2.13. The Hall–Kier alpha value is -0.870. The van der Waals surface area contributed by atoms with Crippen LogP contribution in [-0.4, -0.2) is 36.1 Å². The predicted octanol–water partition coefficient (Wildman–Crippen LogP) is 1.24. The van der Waals surface area contributed by atoms with Crippen LogP contribution in [0.2, 0.25) is 5.28 Å². The maximum atomic E-state index is 5.81. The lowest BCUT2D eigenvalue weighted by Gasteiger charge is -2.22. The van der Waals surface area contributed by atoms with Gasteiger partial charge in [0.2, 0.25) is 5.28 Å². The third kappa shape index (κ3) is 2.58. The number of nitrogens with one attached hydrogen (secondary N) is 1. The molecule has 0 atom stereocenters. The molecule has 1 fully saturated rings. The summed E-state index contributed by atoms with van der Waals surface area (Å²) in [5, 5.41) is 3.69. The molecule has 82 valence electrons. The summed E-state index contributed by atoms with van der Waals surface area (Å²) in [5.74, 6) is 0.971. The van der Waals surface area contributed by atoms with Gasteiger partial charge in [0.1, 0.15) is 5.82 Å². The lowest BCUT2D eigenvalue weighted by molar-refractivity contribution is 0.724. The number of aromatic nitrogens is 2. The van der Waals surface area contributed by atoms with E-state index in [1.807, 2.05) is 6.92 Å². The minimum absolute atomic E-state index is 0.327. The Morgan fingerprint density at radius 1 is 1.40 bits per heavy atom. The third-order valence-corrected chi connectivity index (χ3v) is 2.74. The highest BCUT2D eigenvalue weighted by atomic mass is 35.5. The first-order valence-corrected chi connectivity index (χ1v) is 5.60. The van der Waals surface area contributed by atoms with Gasteiger partial charge in [-0.2, -0.15) is 0 Å². The molecule has 1 aromatic heterocycles. The number of aryl methyl sites for hydroxylation is 1. The summed E-state index contributed by atoms with van der Waals surface area (Å²) in [5.41, 5.74) is 1.08. The zero-order valence-corrected chi connectivity index (χ0v) is 9.59. The lowest BCUT2D eigenvalue weighted by atomic mass is 10.3. The Morgan fingerprint density at radius 3 is 3.13 bits per heavy atom. The van der Waals surface area contributed by atoms with Crippen molar-refractivity contribution in [1.82, 2.24) is 15.3 Å². The largest absolute Gasteiger partial charge is 0.355 e. The molecule has 0 radical (unpaired) electrons. The van der Waals surface area contributed by atoms with Crippen LogP contribution >= 0.6 is 11.6 Å². The summed E-state index contributed by atoms with van der Waals surface area (Å²) in [6, 6.07) is 0. The first-order chi connectivity index (χ1) is 7.27. The second kappa shape index (κ2) is 4.77. The van der Waals surface area contributed by atoms with Crippen molar-refractivity contribution in [3.05, 3.63) is 17.0 Å². The average molecular weight is 227 g/mol. The van der Waals surface area contributed by atoms with Crippen LogP contribution in [0.25, 0.3) is 0 Å². The van der Waals surface area contributed by atoms with Crippen LogP contribution in [0.3, 0.4) is 0 Å². The second-order valence-electron chi connectivity index (χ2n) is 3.74. The molecule has 1 aliphatic rings. The Morgan fingerprint density at radius 2 is 2.27 bits per heavy atom. The SMILES string of the molecule is Cc1cnc(Cl)nc1N1CCCNCC1. The Bertz CT molecular complexity index is 334. The maximum absolute atomic E-state index is 5.81. The summed E-state index contributed by atoms with van der Waals surface area (Å²) in [7, 11) is 0. The molecule has 1 aromatic rings. The molecule has 15 heavy (non-hydrogen) atoms. The van der Waals surface area contributed by atoms with Gasteiger partial charge in [-0.15, -0.1) is 0 Å². The van der Waals surface area contributed by atoms with Gasteiger partial charge in [0.05, 0.1) is 0 Å². The van der Waals surface area contributed by atoms with Gasteiger partial charge in [-0.05, 0) is 31.5 Å². The zero-order chi connectivity index (χ0) is 10.7. The minimum atomic E-state index is 0.327. The zero-order valence-electron chi connectivity index (χ0n) is 8.83. The molecule has 0 spiro atoms. The second-order valence-corrected chi connectivity index (χ2v) is 4.07. The van der Waals surface area contributed by atoms with Gasteiger partial charge in [-0.3, -0.25) is 0 Å². The molecule has 1 saturated heterocycles. The van der Waals surface area contributed by atoms with Gasteiger partial charge in [0.25, 0.3) is 0 Å². The Labute approximate surface area is 94.7 Å². The minimum Gasteiger partial charge on any atom is -0.355 e. The first-order valence-electron chi connectivity index (χ1n) is 5.22. The van der Waals surface area contributed by atoms with Crippen molar-refractivity contribution in [2.75, 3.05) is 31.1 Å². The topological polar surface area (TPSA) is 41.1 Å². The molecule has 5 heteroatoms. The molecule has 2 rings (SSSR count). The maximum Gasteiger partial charge on any atom is 0.224 e. The number of anilines is 1. The van der Waals surface area contributed by atoms with E-state index in [1.165, 1.54) is 0 Å². The van der Waals surface area contributed by atoms with Gasteiger partial charge in [0, 0.05) is 31.4 Å². The molecule has 4 nitrogen and oxygen atoms in total. The van der Waals surface area contributed by atoms with E-state index in [1.54, 1.807) is 6.20 Å². The summed E-state index contributed by atoms with van der Waals surface area (Å²) < 4.78 is 0. The van der Waals surface area contributed by atoms with Crippen LogP contribution in [0.15, 0.2) is 6.20 Å². The summed E-state index contributed by atoms with van der Waals surface area (Å²) in [4.78, 5) is 10.5. The van der Waals surface area contributed by atoms with E-state index in [0.717, 1.165) is 44.0 Å². The van der Waals surface area contributed by atoms with E-state index < -0.39 is 0 Å². The van der Waals surface area contributed by atoms with E-state index in [9.17, 15) is 0 Å². The van der Waals surface area contributed by atoms with E-state index in [4.69, 9.17) is 11.6 Å². The highest BCUT2D eigenvalue weighted by Crippen LogP contribution is 2.18. The predicted molar refractivity (Wildman–Crippen MR) is 61.5 cm³/mol. The van der Waals surface area contributed by atoms with E-state index in [-0.39, 0.29) is 0 Å². The van der Waals surface area contributed by atoms with Crippen LogP contribution < -0.4 is 10.2 Å². The van der Waals surface area contributed by atoms with Crippen molar-refractivity contribution >= 4 is 17.4 Å². The smallest absolute Gasteiger partial charge is 0.224 e. The summed E-state index contributed by atoms with van der Waals surface area (Å²) in [6.45, 7) is 6.11. The number of hydrogen-bond donors (Lipinski definition) is 1. The first kappa shape index (κ1) is 10.6. The fourth-order valence-corrected chi connectivity index (χ4v) is 1.92. The van der Waals surface area contributed by atoms with Gasteiger partial charge < -0.3 is 10.2 Å². The van der Waals surface area contributed by atoms with Crippen LogP contribution in [0.1, 0.15) is 12.0 Å². The fourth-order valence-electron chi connectivity index (χ4n) is 1.79. The Kier molecular flexibility index (Phi) is 3.38. The van der Waals surface area contributed by atoms with Crippen LogP contribution in [0.5, 0.6) is 0 Å². The molecular formula is C10H15ClN4. The molecule has 0 bridgehead atoms. The molecular weight excluding hydrogens is 212 g/mol. The fraction of sp³-hybridized carbons (Fsp3) is 0.600. The summed E-state index contributed by atoms with van der Waals surface area (Å²) >= 11 is 5.81.